The lowest BCUT2D eigenvalue weighted by Crippen LogP contribution is -2.29. The Morgan fingerprint density at radius 3 is 2.59 bits per heavy atom. The number of hydrogen-bond donors (Lipinski definition) is 0. The molecule has 2 heterocycles. The largest absolute Gasteiger partial charge is 0.464 e. The fourth-order valence-electron chi connectivity index (χ4n) is 2.63. The minimum absolute atomic E-state index is 0.255. The minimum Gasteiger partial charge on any atom is -0.464 e. The first-order valence-corrected chi connectivity index (χ1v) is 9.97. The molecule has 0 aliphatic carbocycles. The standard InChI is InChI=1S/C19H26N2O5S/c1-6-7-8-9-25-18(23)13(5)21-10-20-16-14(17(21)22)12(4)15(27-16)19(24)26-11(2)3/h10-11,13H,6-9H2,1-5H3. The number of hydrogen-bond acceptors (Lipinski definition) is 7. The lowest BCUT2D eigenvalue weighted by atomic mass is 10.2. The van der Waals surface area contributed by atoms with Gasteiger partial charge in [0.05, 0.1) is 24.4 Å². The number of esters is 2. The van der Waals surface area contributed by atoms with Gasteiger partial charge in [0.15, 0.2) is 0 Å². The van der Waals surface area contributed by atoms with Crippen LogP contribution in [0.25, 0.3) is 10.2 Å². The fourth-order valence-corrected chi connectivity index (χ4v) is 3.66. The van der Waals surface area contributed by atoms with Gasteiger partial charge < -0.3 is 9.47 Å². The van der Waals surface area contributed by atoms with Crippen molar-refractivity contribution in [2.24, 2.45) is 0 Å². The van der Waals surface area contributed by atoms with Crippen LogP contribution in [0.15, 0.2) is 11.1 Å². The summed E-state index contributed by atoms with van der Waals surface area (Å²) in [6, 6.07) is -0.790. The summed E-state index contributed by atoms with van der Waals surface area (Å²) in [4.78, 5) is 42.4. The molecule has 0 radical (unpaired) electrons. The third-order valence-corrected chi connectivity index (χ3v) is 5.33. The van der Waals surface area contributed by atoms with Crippen molar-refractivity contribution in [1.82, 2.24) is 9.55 Å². The molecule has 8 heteroatoms. The van der Waals surface area contributed by atoms with Crippen molar-refractivity contribution in [2.75, 3.05) is 6.61 Å². The third kappa shape index (κ3) is 4.74. The van der Waals surface area contributed by atoms with Gasteiger partial charge in [-0.2, -0.15) is 0 Å². The number of carbonyl (C=O) groups excluding carboxylic acids is 2. The van der Waals surface area contributed by atoms with E-state index in [-0.39, 0.29) is 11.7 Å². The Morgan fingerprint density at radius 2 is 1.96 bits per heavy atom. The molecular formula is C19H26N2O5S. The van der Waals surface area contributed by atoms with Crippen molar-refractivity contribution in [2.45, 2.75) is 66.0 Å². The first-order valence-electron chi connectivity index (χ1n) is 9.15. The molecule has 0 aromatic carbocycles. The van der Waals surface area contributed by atoms with E-state index in [0.717, 1.165) is 30.6 Å². The van der Waals surface area contributed by atoms with Crippen molar-refractivity contribution in [3.8, 4) is 0 Å². The van der Waals surface area contributed by atoms with E-state index in [2.05, 4.69) is 11.9 Å². The number of carbonyl (C=O) groups is 2. The minimum atomic E-state index is -0.790. The highest BCUT2D eigenvalue weighted by molar-refractivity contribution is 7.20. The molecule has 0 N–H and O–H groups in total. The number of rotatable bonds is 8. The zero-order valence-corrected chi connectivity index (χ0v) is 17.2. The Kier molecular flexibility index (Phi) is 7.12. The summed E-state index contributed by atoms with van der Waals surface area (Å²) in [5.74, 6) is -0.943. The normalized spacial score (nSPS) is 12.4. The second-order valence-electron chi connectivity index (χ2n) is 6.70. The predicted octanol–water partition coefficient (Wildman–Crippen LogP) is 3.63. The number of ether oxygens (including phenoxy) is 2. The maximum atomic E-state index is 12.9. The van der Waals surface area contributed by atoms with Crippen LogP contribution in [-0.4, -0.2) is 34.2 Å². The van der Waals surface area contributed by atoms with E-state index < -0.39 is 18.0 Å². The van der Waals surface area contributed by atoms with Crippen LogP contribution in [0.2, 0.25) is 0 Å². The van der Waals surface area contributed by atoms with Crippen LogP contribution in [0, 0.1) is 6.92 Å². The summed E-state index contributed by atoms with van der Waals surface area (Å²) < 4.78 is 11.7. The second-order valence-corrected chi connectivity index (χ2v) is 7.70. The molecule has 2 aromatic heterocycles. The van der Waals surface area contributed by atoms with E-state index in [0.29, 0.717) is 27.3 Å². The molecule has 2 rings (SSSR count). The third-order valence-electron chi connectivity index (χ3n) is 4.15. The van der Waals surface area contributed by atoms with Crippen LogP contribution in [0.5, 0.6) is 0 Å². The molecule has 27 heavy (non-hydrogen) atoms. The Morgan fingerprint density at radius 1 is 1.26 bits per heavy atom. The molecule has 0 fully saturated rings. The van der Waals surface area contributed by atoms with Gasteiger partial charge in [0.25, 0.3) is 5.56 Å². The number of fused-ring (bicyclic) bond motifs is 1. The highest BCUT2D eigenvalue weighted by atomic mass is 32.1. The zero-order chi connectivity index (χ0) is 20.1. The van der Waals surface area contributed by atoms with Gasteiger partial charge >= 0.3 is 11.9 Å². The van der Waals surface area contributed by atoms with Crippen LogP contribution in [0.4, 0.5) is 0 Å². The number of aryl methyl sites for hydroxylation is 1. The van der Waals surface area contributed by atoms with Gasteiger partial charge in [-0.1, -0.05) is 19.8 Å². The average molecular weight is 394 g/mol. The van der Waals surface area contributed by atoms with E-state index in [9.17, 15) is 14.4 Å². The molecule has 1 atom stereocenters. The monoisotopic (exact) mass is 394 g/mol. The van der Waals surface area contributed by atoms with Crippen LogP contribution in [0.1, 0.15) is 68.2 Å². The zero-order valence-electron chi connectivity index (χ0n) is 16.4. The molecule has 7 nitrogen and oxygen atoms in total. The predicted molar refractivity (Wildman–Crippen MR) is 104 cm³/mol. The van der Waals surface area contributed by atoms with Crippen LogP contribution < -0.4 is 5.56 Å². The maximum Gasteiger partial charge on any atom is 0.348 e. The van der Waals surface area contributed by atoms with Crippen molar-refractivity contribution in [3.05, 3.63) is 27.1 Å². The molecule has 0 saturated carbocycles. The molecule has 1 unspecified atom stereocenters. The van der Waals surface area contributed by atoms with Crippen LogP contribution >= 0.6 is 11.3 Å². The second kappa shape index (κ2) is 9.12. The topological polar surface area (TPSA) is 87.5 Å². The molecule has 0 spiro atoms. The van der Waals surface area contributed by atoms with Gasteiger partial charge in [0, 0.05) is 0 Å². The summed E-state index contributed by atoms with van der Waals surface area (Å²) in [5.41, 5.74) is 0.159. The molecule has 2 aromatic rings. The summed E-state index contributed by atoms with van der Waals surface area (Å²) in [6.07, 6.45) is 3.89. The van der Waals surface area contributed by atoms with Crippen molar-refractivity contribution in [1.29, 1.82) is 0 Å². The maximum absolute atomic E-state index is 12.9. The Bertz CT molecular complexity index is 884. The lowest BCUT2D eigenvalue weighted by molar-refractivity contribution is -0.147. The number of thiophene rings is 1. The molecule has 0 amide bonds. The van der Waals surface area contributed by atoms with E-state index in [1.165, 1.54) is 10.9 Å². The van der Waals surface area contributed by atoms with Gasteiger partial charge in [0.2, 0.25) is 0 Å². The Labute approximate surface area is 162 Å². The Balaban J connectivity index is 2.31. The molecular weight excluding hydrogens is 368 g/mol. The Hall–Kier alpha value is -2.22. The van der Waals surface area contributed by atoms with Gasteiger partial charge in [0.1, 0.15) is 15.7 Å². The number of unbranched alkanes of at least 4 members (excludes halogenated alkanes) is 2. The summed E-state index contributed by atoms with van der Waals surface area (Å²) in [6.45, 7) is 9.23. The summed E-state index contributed by atoms with van der Waals surface area (Å²) >= 11 is 1.12. The van der Waals surface area contributed by atoms with Gasteiger partial charge in [-0.15, -0.1) is 11.3 Å². The van der Waals surface area contributed by atoms with Crippen LogP contribution in [0.3, 0.4) is 0 Å². The van der Waals surface area contributed by atoms with Gasteiger partial charge in [-0.05, 0) is 39.7 Å². The first-order chi connectivity index (χ1) is 12.8. The molecule has 148 valence electrons. The van der Waals surface area contributed by atoms with E-state index in [1.54, 1.807) is 27.7 Å². The summed E-state index contributed by atoms with van der Waals surface area (Å²) in [5, 5.41) is 0.337. The molecule has 0 aliphatic heterocycles. The van der Waals surface area contributed by atoms with Gasteiger partial charge in [-0.25, -0.2) is 14.6 Å². The SMILES string of the molecule is CCCCCOC(=O)C(C)n1cnc2sc(C(=O)OC(C)C)c(C)c2c1=O. The molecule has 0 aliphatic rings. The highest BCUT2D eigenvalue weighted by Crippen LogP contribution is 2.28. The fraction of sp³-hybridized carbons (Fsp3) is 0.579. The van der Waals surface area contributed by atoms with Crippen molar-refractivity contribution in [3.63, 3.8) is 0 Å². The van der Waals surface area contributed by atoms with E-state index in [1.807, 2.05) is 0 Å². The van der Waals surface area contributed by atoms with E-state index >= 15 is 0 Å². The van der Waals surface area contributed by atoms with E-state index in [4.69, 9.17) is 9.47 Å². The average Bonchev–Trinajstić information content (AvgIpc) is 2.95. The summed E-state index contributed by atoms with van der Waals surface area (Å²) in [7, 11) is 0. The van der Waals surface area contributed by atoms with Gasteiger partial charge in [-0.3, -0.25) is 9.36 Å². The first kappa shape index (κ1) is 21.1. The smallest absolute Gasteiger partial charge is 0.348 e. The van der Waals surface area contributed by atoms with Crippen molar-refractivity contribution >= 4 is 33.5 Å². The van der Waals surface area contributed by atoms with Crippen molar-refractivity contribution < 1.29 is 19.1 Å². The quantitative estimate of drug-likeness (QED) is 0.502. The number of nitrogens with zero attached hydrogens (tertiary/aromatic N) is 2. The number of aromatic nitrogens is 2. The van der Waals surface area contributed by atoms with Crippen LogP contribution in [-0.2, 0) is 14.3 Å². The lowest BCUT2D eigenvalue weighted by Gasteiger charge is -2.14. The molecule has 0 bridgehead atoms. The molecule has 0 saturated heterocycles. The highest BCUT2D eigenvalue weighted by Gasteiger charge is 2.24.